The topological polar surface area (TPSA) is 83.5 Å². The summed E-state index contributed by atoms with van der Waals surface area (Å²) in [5, 5.41) is 9.45. The van der Waals surface area contributed by atoms with Crippen LogP contribution < -0.4 is 19.6 Å². The summed E-state index contributed by atoms with van der Waals surface area (Å²) in [7, 11) is 1.66. The van der Waals surface area contributed by atoms with E-state index in [4.69, 9.17) is 14.6 Å². The maximum atomic E-state index is 13.5. The number of thiazole rings is 1. The largest absolute Gasteiger partial charge is 0.496 e. The van der Waals surface area contributed by atoms with Gasteiger partial charge in [0.2, 0.25) is 4.96 Å². The fraction of sp³-hybridized carbons (Fsp3) is 0.235. The smallest absolute Gasteiger partial charge is 0.291 e. The van der Waals surface area contributed by atoms with E-state index in [-0.39, 0.29) is 5.56 Å². The summed E-state index contributed by atoms with van der Waals surface area (Å²) >= 11 is 1.31. The number of hydrogen-bond acceptors (Lipinski definition) is 7. The third-order valence-electron chi connectivity index (χ3n) is 7.28. The summed E-state index contributed by atoms with van der Waals surface area (Å²) in [5.74, 6) is 2.14. The van der Waals surface area contributed by atoms with Gasteiger partial charge in [-0.2, -0.15) is 14.6 Å². The number of hydrogen-bond donors (Lipinski definition) is 0. The lowest BCUT2D eigenvalue weighted by Crippen LogP contribution is -2.23. The molecule has 0 aliphatic carbocycles. The number of nitrogens with zero attached hydrogens (tertiary/aromatic N) is 5. The van der Waals surface area contributed by atoms with Crippen molar-refractivity contribution in [2.45, 2.75) is 39.5 Å². The Labute approximate surface area is 253 Å². The van der Waals surface area contributed by atoms with Gasteiger partial charge < -0.3 is 9.47 Å². The van der Waals surface area contributed by atoms with Crippen LogP contribution in [-0.2, 0) is 0 Å². The highest BCUT2D eigenvalue weighted by atomic mass is 32.1. The van der Waals surface area contributed by atoms with Crippen molar-refractivity contribution in [3.05, 3.63) is 105 Å². The van der Waals surface area contributed by atoms with Crippen molar-refractivity contribution in [2.24, 2.45) is 0 Å². The first-order valence-corrected chi connectivity index (χ1v) is 15.3. The van der Waals surface area contributed by atoms with Gasteiger partial charge in [0.1, 0.15) is 17.2 Å². The Hall–Kier alpha value is -4.76. The monoisotopic (exact) mass is 591 g/mol. The molecule has 0 bridgehead atoms. The third-order valence-corrected chi connectivity index (χ3v) is 8.24. The molecule has 0 unspecified atom stereocenters. The van der Waals surface area contributed by atoms with Gasteiger partial charge >= 0.3 is 0 Å². The minimum absolute atomic E-state index is 0.213. The number of methoxy groups -OCH3 is 1. The summed E-state index contributed by atoms with van der Waals surface area (Å²) in [4.78, 5) is 18.7. The van der Waals surface area contributed by atoms with Crippen LogP contribution >= 0.6 is 11.3 Å². The summed E-state index contributed by atoms with van der Waals surface area (Å²) in [6.07, 6.45) is 8.48. The van der Waals surface area contributed by atoms with Crippen molar-refractivity contribution in [3.63, 3.8) is 0 Å². The van der Waals surface area contributed by atoms with Crippen molar-refractivity contribution in [1.82, 2.24) is 24.4 Å². The second kappa shape index (κ2) is 12.6. The van der Waals surface area contributed by atoms with E-state index in [1.807, 2.05) is 96.7 Å². The molecule has 9 heteroatoms. The highest BCUT2D eigenvalue weighted by Crippen LogP contribution is 2.29. The summed E-state index contributed by atoms with van der Waals surface area (Å²) < 4.78 is 15.1. The Morgan fingerprint density at radius 1 is 0.930 bits per heavy atom. The molecule has 6 rings (SSSR count). The zero-order valence-electron chi connectivity index (χ0n) is 24.5. The predicted molar refractivity (Wildman–Crippen MR) is 171 cm³/mol. The lowest BCUT2D eigenvalue weighted by molar-refractivity contribution is 0.305. The molecular formula is C34H33N5O3S. The summed E-state index contributed by atoms with van der Waals surface area (Å²) in [6.45, 7) is 4.91. The lowest BCUT2D eigenvalue weighted by Gasteiger charge is -2.06. The molecule has 0 saturated carbocycles. The summed E-state index contributed by atoms with van der Waals surface area (Å²) in [6, 6.07) is 23.6. The molecule has 6 aromatic rings. The van der Waals surface area contributed by atoms with Gasteiger partial charge in [0.25, 0.3) is 5.56 Å². The van der Waals surface area contributed by atoms with Gasteiger partial charge in [0.05, 0.1) is 23.9 Å². The second-order valence-electron chi connectivity index (χ2n) is 10.4. The Morgan fingerprint density at radius 3 is 2.44 bits per heavy atom. The second-order valence-corrected chi connectivity index (χ2v) is 11.4. The average molecular weight is 592 g/mol. The predicted octanol–water partition coefficient (Wildman–Crippen LogP) is 6.49. The van der Waals surface area contributed by atoms with Crippen molar-refractivity contribution >= 4 is 22.4 Å². The highest BCUT2D eigenvalue weighted by Gasteiger charge is 2.16. The Morgan fingerprint density at radius 2 is 1.72 bits per heavy atom. The quantitative estimate of drug-likeness (QED) is 0.160. The number of aromatic nitrogens is 5. The molecule has 0 N–H and O–H groups in total. The van der Waals surface area contributed by atoms with Crippen LogP contribution in [0.25, 0.3) is 39.4 Å². The Kier molecular flexibility index (Phi) is 8.33. The van der Waals surface area contributed by atoms with Crippen LogP contribution in [0.3, 0.4) is 0 Å². The number of benzene rings is 3. The first kappa shape index (κ1) is 28.4. The number of ether oxygens (including phenoxy) is 2. The first-order chi connectivity index (χ1) is 21.0. The minimum atomic E-state index is -0.213. The van der Waals surface area contributed by atoms with Crippen LogP contribution in [0.1, 0.15) is 43.7 Å². The fourth-order valence-electron chi connectivity index (χ4n) is 4.97. The molecule has 0 saturated heterocycles. The Balaban J connectivity index is 1.32. The van der Waals surface area contributed by atoms with Gasteiger partial charge in [-0.05, 0) is 79.6 Å². The molecule has 0 fully saturated rings. The highest BCUT2D eigenvalue weighted by molar-refractivity contribution is 7.15. The zero-order valence-corrected chi connectivity index (χ0v) is 25.3. The fourth-order valence-corrected chi connectivity index (χ4v) is 5.87. The molecule has 0 amide bonds. The molecule has 0 aliphatic rings. The van der Waals surface area contributed by atoms with E-state index in [2.05, 4.69) is 17.0 Å². The third kappa shape index (κ3) is 6.08. The van der Waals surface area contributed by atoms with Crippen LogP contribution in [-0.4, -0.2) is 38.1 Å². The normalized spacial score (nSPS) is 11.8. The Bertz CT molecular complexity index is 1960. The number of para-hydroxylation sites is 1. The van der Waals surface area contributed by atoms with Gasteiger partial charge in [0.15, 0.2) is 5.82 Å². The number of aryl methyl sites for hydroxylation is 1. The summed E-state index contributed by atoms with van der Waals surface area (Å²) in [5.41, 5.74) is 5.07. The van der Waals surface area contributed by atoms with Crippen molar-refractivity contribution < 1.29 is 9.47 Å². The van der Waals surface area contributed by atoms with Crippen LogP contribution in [0.5, 0.6) is 11.5 Å². The molecule has 0 aliphatic heterocycles. The van der Waals surface area contributed by atoms with Gasteiger partial charge in [-0.1, -0.05) is 55.7 Å². The standard InChI is InChI=1S/C34H33N5O3S/c1-4-5-6-10-19-42-28-16-13-24(14-17-28)32-35-34-39(37-32)33(40)30(43-34)21-26-22-38(27-11-8-7-9-12-27)36-31(26)25-15-18-29(41-3)23(2)20-25/h7-9,11-18,20-22H,4-6,10,19H2,1-3H3/b30-21-. The molecule has 43 heavy (non-hydrogen) atoms. The molecule has 0 radical (unpaired) electrons. The molecule has 3 heterocycles. The molecule has 3 aromatic heterocycles. The first-order valence-electron chi connectivity index (χ1n) is 14.5. The maximum Gasteiger partial charge on any atom is 0.291 e. The lowest BCUT2D eigenvalue weighted by atomic mass is 10.0. The van der Waals surface area contributed by atoms with Crippen LogP contribution in [0.4, 0.5) is 0 Å². The van der Waals surface area contributed by atoms with Crippen LogP contribution in [0.15, 0.2) is 83.8 Å². The SMILES string of the molecule is CCCCCCOc1ccc(-c2nc3s/c(=C\c4cn(-c5ccccc5)nc4-c4ccc(OC)c(C)c4)c(=O)n3n2)cc1. The molecule has 8 nitrogen and oxygen atoms in total. The molecule has 0 atom stereocenters. The van der Waals surface area contributed by atoms with E-state index in [9.17, 15) is 4.79 Å². The van der Waals surface area contributed by atoms with E-state index in [0.29, 0.717) is 21.9 Å². The van der Waals surface area contributed by atoms with Gasteiger partial charge in [-0.3, -0.25) is 4.79 Å². The van der Waals surface area contributed by atoms with E-state index in [0.717, 1.165) is 51.6 Å². The molecule has 3 aromatic carbocycles. The van der Waals surface area contributed by atoms with E-state index < -0.39 is 0 Å². The number of fused-ring (bicyclic) bond motifs is 1. The van der Waals surface area contributed by atoms with Crippen molar-refractivity contribution in [3.8, 4) is 39.8 Å². The molecule has 218 valence electrons. The number of rotatable bonds is 11. The van der Waals surface area contributed by atoms with Crippen molar-refractivity contribution in [1.29, 1.82) is 0 Å². The minimum Gasteiger partial charge on any atom is -0.496 e. The van der Waals surface area contributed by atoms with Crippen LogP contribution in [0, 0.1) is 6.92 Å². The maximum absolute atomic E-state index is 13.5. The molecular weight excluding hydrogens is 558 g/mol. The van der Waals surface area contributed by atoms with E-state index in [1.165, 1.54) is 35.1 Å². The average Bonchev–Trinajstić information content (AvgIpc) is 3.73. The van der Waals surface area contributed by atoms with Gasteiger partial charge in [-0.15, -0.1) is 5.10 Å². The van der Waals surface area contributed by atoms with Gasteiger partial charge in [-0.25, -0.2) is 4.68 Å². The molecule has 0 spiro atoms. The van der Waals surface area contributed by atoms with Gasteiger partial charge in [0, 0.05) is 22.9 Å². The van der Waals surface area contributed by atoms with Crippen LogP contribution in [0.2, 0.25) is 0 Å². The number of unbranched alkanes of at least 4 members (excludes halogenated alkanes) is 3. The van der Waals surface area contributed by atoms with Crippen molar-refractivity contribution in [2.75, 3.05) is 13.7 Å². The van der Waals surface area contributed by atoms with E-state index in [1.54, 1.807) is 7.11 Å². The van der Waals surface area contributed by atoms with E-state index >= 15 is 0 Å². The zero-order chi connectivity index (χ0) is 29.8.